The number of anilines is 2. The minimum absolute atomic E-state index is 0.0484. The van der Waals surface area contributed by atoms with Crippen LogP contribution in [-0.2, 0) is 14.8 Å². The van der Waals surface area contributed by atoms with Crippen molar-refractivity contribution in [3.63, 3.8) is 0 Å². The Hall–Kier alpha value is -3.11. The Morgan fingerprint density at radius 1 is 0.909 bits per heavy atom. The summed E-state index contributed by atoms with van der Waals surface area (Å²) >= 11 is 0. The maximum Gasteiger partial charge on any atom is 0.243 e. The molecule has 0 spiro atoms. The summed E-state index contributed by atoms with van der Waals surface area (Å²) in [6, 6.07) is 12.4. The van der Waals surface area contributed by atoms with Crippen LogP contribution in [0.5, 0.6) is 0 Å². The Bertz CT molecular complexity index is 1310. The number of hydrogen-bond acceptors (Lipinski definition) is 6. The first-order chi connectivity index (χ1) is 15.8. The lowest BCUT2D eigenvalue weighted by Crippen LogP contribution is -2.49. The van der Waals surface area contributed by atoms with Crippen molar-refractivity contribution >= 4 is 38.6 Å². The summed E-state index contributed by atoms with van der Waals surface area (Å²) in [5, 5.41) is 0. The molecule has 2 aliphatic rings. The van der Waals surface area contributed by atoms with Crippen LogP contribution < -0.4 is 9.80 Å². The highest BCUT2D eigenvalue weighted by Gasteiger charge is 2.37. The zero-order valence-electron chi connectivity index (χ0n) is 18.2. The van der Waals surface area contributed by atoms with Gasteiger partial charge in [-0.15, -0.1) is 0 Å². The fraction of sp³-hybridized carbons (Fsp3) is 0.348. The lowest BCUT2D eigenvalue weighted by Gasteiger charge is -2.37. The van der Waals surface area contributed by atoms with Crippen molar-refractivity contribution in [1.82, 2.24) is 14.3 Å². The van der Waals surface area contributed by atoms with Crippen LogP contribution >= 0.6 is 0 Å². The van der Waals surface area contributed by atoms with Gasteiger partial charge in [-0.1, -0.05) is 12.1 Å². The van der Waals surface area contributed by atoms with Gasteiger partial charge in [0.05, 0.1) is 15.9 Å². The molecular formula is C23H24FN5O3S. The summed E-state index contributed by atoms with van der Waals surface area (Å²) in [4.78, 5) is 26.6. The van der Waals surface area contributed by atoms with Crippen LogP contribution in [0, 0.1) is 11.7 Å². The third-order valence-corrected chi connectivity index (χ3v) is 8.24. The van der Waals surface area contributed by atoms with E-state index in [4.69, 9.17) is 9.97 Å². The molecule has 1 aromatic heterocycles. The van der Waals surface area contributed by atoms with Gasteiger partial charge in [-0.2, -0.15) is 4.31 Å². The van der Waals surface area contributed by atoms with Crippen molar-refractivity contribution in [2.24, 2.45) is 5.92 Å². The number of para-hydroxylation sites is 2. The highest BCUT2D eigenvalue weighted by Crippen LogP contribution is 2.33. The number of hydrogen-bond donors (Lipinski definition) is 0. The number of sulfonamides is 1. The first-order valence-electron chi connectivity index (χ1n) is 10.9. The largest absolute Gasteiger partial charge is 0.355 e. The molecule has 0 unspecified atom stereocenters. The minimum atomic E-state index is -3.72. The number of benzene rings is 2. The molecule has 8 nitrogen and oxygen atoms in total. The first-order valence-corrected chi connectivity index (χ1v) is 12.3. The van der Waals surface area contributed by atoms with Gasteiger partial charge >= 0.3 is 0 Å². The van der Waals surface area contributed by atoms with Gasteiger partial charge in [0, 0.05) is 39.1 Å². The van der Waals surface area contributed by atoms with Crippen molar-refractivity contribution < 1.29 is 17.6 Å². The summed E-state index contributed by atoms with van der Waals surface area (Å²) in [6.07, 6.45) is 0.837. The standard InChI is InChI=1S/C23H24FN5O3S/c1-27-14-15-29(22-21(27)25-19-4-2-3-5-20(19)26-22)23(30)16-10-12-28(13-11-16)33(31,32)18-8-6-17(24)7-9-18/h2-9,16H,10-15H2,1H3. The molecular weight excluding hydrogens is 445 g/mol. The van der Waals surface area contributed by atoms with Crippen LogP contribution in [0.15, 0.2) is 53.4 Å². The molecule has 0 bridgehead atoms. The van der Waals surface area contributed by atoms with Gasteiger partial charge in [-0.05, 0) is 49.2 Å². The molecule has 2 aromatic carbocycles. The summed E-state index contributed by atoms with van der Waals surface area (Å²) < 4.78 is 40.3. The molecule has 10 heteroatoms. The first kappa shape index (κ1) is 21.7. The monoisotopic (exact) mass is 469 g/mol. The van der Waals surface area contributed by atoms with Gasteiger partial charge in [0.1, 0.15) is 5.82 Å². The lowest BCUT2D eigenvalue weighted by molar-refractivity contribution is -0.123. The number of nitrogens with zero attached hydrogens (tertiary/aromatic N) is 5. The molecule has 1 saturated heterocycles. The van der Waals surface area contributed by atoms with E-state index in [2.05, 4.69) is 0 Å². The maximum atomic E-state index is 13.5. The molecule has 0 saturated carbocycles. The van der Waals surface area contributed by atoms with E-state index >= 15 is 0 Å². The SMILES string of the molecule is CN1CCN(C(=O)C2CCN(S(=O)(=O)c3ccc(F)cc3)CC2)c2nc3ccccc3nc21. The van der Waals surface area contributed by atoms with Crippen LogP contribution in [0.25, 0.3) is 11.0 Å². The number of halogens is 1. The third-order valence-electron chi connectivity index (χ3n) is 6.33. The number of likely N-dealkylation sites (N-methyl/N-ethyl adjacent to an activating group) is 1. The summed E-state index contributed by atoms with van der Waals surface area (Å²) in [6.45, 7) is 1.62. The zero-order valence-corrected chi connectivity index (χ0v) is 19.0. The number of carbonyl (C=O) groups is 1. The Morgan fingerprint density at radius 2 is 1.52 bits per heavy atom. The fourth-order valence-corrected chi connectivity index (χ4v) is 5.88. The Balaban J connectivity index is 1.34. The van der Waals surface area contributed by atoms with E-state index in [-0.39, 0.29) is 29.8 Å². The molecule has 0 atom stereocenters. The zero-order chi connectivity index (χ0) is 23.2. The topological polar surface area (TPSA) is 86.7 Å². The summed E-state index contributed by atoms with van der Waals surface area (Å²) in [5.41, 5.74) is 1.50. The maximum absolute atomic E-state index is 13.5. The van der Waals surface area contributed by atoms with Gasteiger partial charge in [-0.25, -0.2) is 22.8 Å². The predicted octanol–water partition coefficient (Wildman–Crippen LogP) is 2.65. The molecule has 3 heterocycles. The highest BCUT2D eigenvalue weighted by molar-refractivity contribution is 7.89. The molecule has 33 heavy (non-hydrogen) atoms. The van der Waals surface area contributed by atoms with Crippen LogP contribution in [0.2, 0.25) is 0 Å². The normalized spacial score (nSPS) is 17.9. The van der Waals surface area contributed by atoms with Crippen LogP contribution in [0.3, 0.4) is 0 Å². The van der Waals surface area contributed by atoms with Crippen molar-refractivity contribution in [1.29, 1.82) is 0 Å². The smallest absolute Gasteiger partial charge is 0.243 e. The molecule has 2 aliphatic heterocycles. The summed E-state index contributed by atoms with van der Waals surface area (Å²) in [7, 11) is -1.79. The van der Waals surface area contributed by atoms with E-state index in [1.807, 2.05) is 36.2 Å². The highest BCUT2D eigenvalue weighted by atomic mass is 32.2. The second-order valence-electron chi connectivity index (χ2n) is 8.40. The quantitative estimate of drug-likeness (QED) is 0.586. The van der Waals surface area contributed by atoms with E-state index in [1.54, 1.807) is 4.90 Å². The molecule has 0 radical (unpaired) electrons. The van der Waals surface area contributed by atoms with Crippen molar-refractivity contribution in [3.8, 4) is 0 Å². The minimum Gasteiger partial charge on any atom is -0.355 e. The van der Waals surface area contributed by atoms with Crippen LogP contribution in [0.4, 0.5) is 16.0 Å². The molecule has 172 valence electrons. The number of amides is 1. The van der Waals surface area contributed by atoms with Gasteiger partial charge in [0.15, 0.2) is 11.6 Å². The van der Waals surface area contributed by atoms with Gasteiger partial charge in [0.25, 0.3) is 0 Å². The molecule has 0 aliphatic carbocycles. The molecule has 5 rings (SSSR count). The van der Waals surface area contributed by atoms with Crippen LogP contribution in [0.1, 0.15) is 12.8 Å². The molecule has 1 fully saturated rings. The van der Waals surface area contributed by atoms with Gasteiger partial charge < -0.3 is 4.90 Å². The number of rotatable bonds is 3. The van der Waals surface area contributed by atoms with E-state index in [0.717, 1.165) is 23.2 Å². The number of piperidine rings is 1. The average Bonchev–Trinajstić information content (AvgIpc) is 2.83. The Labute approximate surface area is 191 Å². The van der Waals surface area contributed by atoms with Crippen molar-refractivity contribution in [2.45, 2.75) is 17.7 Å². The number of aromatic nitrogens is 2. The number of fused-ring (bicyclic) bond motifs is 2. The van der Waals surface area contributed by atoms with Crippen molar-refractivity contribution in [2.75, 3.05) is 43.0 Å². The summed E-state index contributed by atoms with van der Waals surface area (Å²) in [5.74, 6) is 0.391. The van der Waals surface area contributed by atoms with Crippen molar-refractivity contribution in [3.05, 3.63) is 54.3 Å². The molecule has 0 N–H and O–H groups in total. The second-order valence-corrected chi connectivity index (χ2v) is 10.3. The van der Waals surface area contributed by atoms with Gasteiger partial charge in [0.2, 0.25) is 15.9 Å². The molecule has 1 amide bonds. The van der Waals surface area contributed by atoms with Crippen LogP contribution in [-0.4, -0.2) is 61.8 Å². The van der Waals surface area contributed by atoms with E-state index < -0.39 is 15.8 Å². The Kier molecular flexibility index (Phi) is 5.49. The van der Waals surface area contributed by atoms with E-state index in [0.29, 0.717) is 37.6 Å². The van der Waals surface area contributed by atoms with Gasteiger partial charge in [-0.3, -0.25) is 9.69 Å². The van der Waals surface area contributed by atoms with E-state index in [9.17, 15) is 17.6 Å². The average molecular weight is 470 g/mol. The predicted molar refractivity (Wildman–Crippen MR) is 123 cm³/mol. The Morgan fingerprint density at radius 3 is 2.15 bits per heavy atom. The third kappa shape index (κ3) is 3.93. The number of carbonyl (C=O) groups excluding carboxylic acids is 1. The van der Waals surface area contributed by atoms with E-state index in [1.165, 1.54) is 16.4 Å². The lowest BCUT2D eigenvalue weighted by atomic mass is 9.96. The fourth-order valence-electron chi connectivity index (χ4n) is 4.41. The molecule has 3 aromatic rings. The second kappa shape index (κ2) is 8.35.